The molecule has 0 N–H and O–H groups in total. The average molecular weight is 402 g/mol. The quantitative estimate of drug-likeness (QED) is 0.249. The molecule has 0 saturated carbocycles. The molecule has 0 amide bonds. The number of benzene rings is 2. The summed E-state index contributed by atoms with van der Waals surface area (Å²) < 4.78 is 25.2. The summed E-state index contributed by atoms with van der Waals surface area (Å²) in [6.07, 6.45) is 0.0652. The molecule has 1 aromatic heterocycles. The van der Waals surface area contributed by atoms with Gasteiger partial charge in [-0.3, -0.25) is 14.2 Å². The zero-order valence-corrected chi connectivity index (χ0v) is 16.1. The summed E-state index contributed by atoms with van der Waals surface area (Å²) in [6, 6.07) is 13.2. The van der Waals surface area contributed by atoms with Gasteiger partial charge in [0.1, 0.15) is 0 Å². The summed E-state index contributed by atoms with van der Waals surface area (Å²) in [7, 11) is 1.31. The van der Waals surface area contributed by atoms with Crippen molar-refractivity contribution in [3.8, 4) is 5.75 Å². The van der Waals surface area contributed by atoms with Gasteiger partial charge in [-0.15, -0.1) is 0 Å². The molecule has 0 aliphatic heterocycles. The van der Waals surface area contributed by atoms with E-state index in [-0.39, 0.29) is 30.9 Å². The Hall–Kier alpha value is -2.87. The van der Waals surface area contributed by atoms with Crippen LogP contribution in [0.4, 0.5) is 4.39 Å². The minimum absolute atomic E-state index is 0.0652. The SMILES string of the molecule is COC(=O)CCn1c(SCCOc2ccccc2F)nc2ccccc2c1=O. The highest BCUT2D eigenvalue weighted by Crippen LogP contribution is 2.20. The molecule has 1 heterocycles. The standard InChI is InChI=1S/C20H19FN2O4S/c1-26-18(24)10-11-23-19(25)14-6-2-4-8-16(14)22-20(23)28-13-12-27-17-9-5-3-7-15(17)21/h2-9H,10-13H2,1H3. The van der Waals surface area contributed by atoms with Crippen LogP contribution in [0.1, 0.15) is 6.42 Å². The fourth-order valence-electron chi connectivity index (χ4n) is 2.61. The van der Waals surface area contributed by atoms with Gasteiger partial charge >= 0.3 is 5.97 Å². The molecule has 0 saturated heterocycles. The lowest BCUT2D eigenvalue weighted by molar-refractivity contribution is -0.140. The first-order valence-corrected chi connectivity index (χ1v) is 9.65. The van der Waals surface area contributed by atoms with Crippen molar-refractivity contribution in [2.45, 2.75) is 18.1 Å². The summed E-state index contributed by atoms with van der Waals surface area (Å²) in [5, 5.41) is 0.962. The van der Waals surface area contributed by atoms with Crippen LogP contribution in [0.3, 0.4) is 0 Å². The second kappa shape index (κ2) is 9.36. The van der Waals surface area contributed by atoms with Crippen LogP contribution >= 0.6 is 11.8 Å². The normalized spacial score (nSPS) is 10.8. The van der Waals surface area contributed by atoms with Gasteiger partial charge in [-0.2, -0.15) is 0 Å². The molecule has 146 valence electrons. The van der Waals surface area contributed by atoms with E-state index < -0.39 is 11.8 Å². The topological polar surface area (TPSA) is 70.4 Å². The zero-order chi connectivity index (χ0) is 19.9. The Morgan fingerprint density at radius 3 is 2.71 bits per heavy atom. The van der Waals surface area contributed by atoms with Crippen molar-refractivity contribution in [1.82, 2.24) is 9.55 Å². The van der Waals surface area contributed by atoms with Crippen LogP contribution in [0.25, 0.3) is 10.9 Å². The first-order chi connectivity index (χ1) is 13.6. The second-order valence-electron chi connectivity index (χ2n) is 5.82. The molecule has 28 heavy (non-hydrogen) atoms. The van der Waals surface area contributed by atoms with Crippen LogP contribution in [-0.2, 0) is 16.1 Å². The summed E-state index contributed by atoms with van der Waals surface area (Å²) >= 11 is 1.31. The van der Waals surface area contributed by atoms with E-state index in [0.29, 0.717) is 21.8 Å². The molecule has 0 fully saturated rings. The van der Waals surface area contributed by atoms with Gasteiger partial charge in [-0.1, -0.05) is 36.0 Å². The van der Waals surface area contributed by atoms with Crippen LogP contribution in [0.2, 0.25) is 0 Å². The number of thioether (sulfide) groups is 1. The largest absolute Gasteiger partial charge is 0.490 e. The van der Waals surface area contributed by atoms with Gasteiger partial charge in [-0.05, 0) is 24.3 Å². The third kappa shape index (κ3) is 4.69. The van der Waals surface area contributed by atoms with E-state index >= 15 is 0 Å². The Balaban J connectivity index is 1.77. The number of ether oxygens (including phenoxy) is 2. The van der Waals surface area contributed by atoms with Gasteiger partial charge in [0.2, 0.25) is 0 Å². The predicted molar refractivity (Wildman–Crippen MR) is 105 cm³/mol. The number of esters is 1. The van der Waals surface area contributed by atoms with Gasteiger partial charge in [-0.25, -0.2) is 9.37 Å². The van der Waals surface area contributed by atoms with Crippen molar-refractivity contribution in [3.05, 3.63) is 64.7 Å². The van der Waals surface area contributed by atoms with E-state index in [9.17, 15) is 14.0 Å². The summed E-state index contributed by atoms with van der Waals surface area (Å²) in [6.45, 7) is 0.408. The maximum Gasteiger partial charge on any atom is 0.307 e. The molecule has 0 atom stereocenters. The Bertz CT molecular complexity index is 1040. The highest BCUT2D eigenvalue weighted by atomic mass is 32.2. The molecule has 0 radical (unpaired) electrons. The highest BCUT2D eigenvalue weighted by Gasteiger charge is 2.13. The highest BCUT2D eigenvalue weighted by molar-refractivity contribution is 7.99. The van der Waals surface area contributed by atoms with Crippen molar-refractivity contribution >= 4 is 28.6 Å². The number of aromatic nitrogens is 2. The zero-order valence-electron chi connectivity index (χ0n) is 15.3. The molecule has 0 aliphatic carbocycles. The fourth-order valence-corrected chi connectivity index (χ4v) is 3.45. The first-order valence-electron chi connectivity index (χ1n) is 8.66. The molecule has 2 aromatic carbocycles. The van der Waals surface area contributed by atoms with E-state index in [1.807, 2.05) is 6.07 Å². The Morgan fingerprint density at radius 1 is 1.18 bits per heavy atom. The third-order valence-corrected chi connectivity index (χ3v) is 4.94. The number of fused-ring (bicyclic) bond motifs is 1. The monoisotopic (exact) mass is 402 g/mol. The summed E-state index contributed by atoms with van der Waals surface area (Å²) in [4.78, 5) is 28.9. The van der Waals surface area contributed by atoms with Crippen LogP contribution in [0.15, 0.2) is 58.5 Å². The summed E-state index contributed by atoms with van der Waals surface area (Å²) in [5.41, 5.74) is 0.367. The van der Waals surface area contributed by atoms with Gasteiger partial charge in [0, 0.05) is 12.3 Å². The lowest BCUT2D eigenvalue weighted by Gasteiger charge is -2.13. The third-order valence-electron chi connectivity index (χ3n) is 4.00. The molecule has 3 rings (SSSR count). The van der Waals surface area contributed by atoms with Crippen molar-refractivity contribution in [2.75, 3.05) is 19.5 Å². The molecule has 3 aromatic rings. The van der Waals surface area contributed by atoms with Crippen molar-refractivity contribution in [2.24, 2.45) is 0 Å². The van der Waals surface area contributed by atoms with Gasteiger partial charge in [0.25, 0.3) is 5.56 Å². The molecule has 8 heteroatoms. The van der Waals surface area contributed by atoms with Gasteiger partial charge in [0.15, 0.2) is 16.7 Å². The number of hydrogen-bond donors (Lipinski definition) is 0. The predicted octanol–water partition coefficient (Wildman–Crippen LogP) is 3.27. The number of rotatable bonds is 8. The van der Waals surface area contributed by atoms with E-state index in [4.69, 9.17) is 4.74 Å². The number of halogens is 1. The van der Waals surface area contributed by atoms with Crippen molar-refractivity contribution < 1.29 is 18.7 Å². The van der Waals surface area contributed by atoms with Crippen molar-refractivity contribution in [1.29, 1.82) is 0 Å². The Kier molecular flexibility index (Phi) is 6.65. The lowest BCUT2D eigenvalue weighted by atomic mass is 10.2. The number of hydrogen-bond acceptors (Lipinski definition) is 6. The molecular weight excluding hydrogens is 383 g/mol. The number of methoxy groups -OCH3 is 1. The molecule has 0 bridgehead atoms. The number of carbonyl (C=O) groups excluding carboxylic acids is 1. The van der Waals surface area contributed by atoms with E-state index in [0.717, 1.165) is 0 Å². The van der Waals surface area contributed by atoms with E-state index in [1.54, 1.807) is 36.4 Å². The van der Waals surface area contributed by atoms with Crippen LogP contribution in [0, 0.1) is 5.82 Å². The molecule has 0 spiro atoms. The van der Waals surface area contributed by atoms with E-state index in [2.05, 4.69) is 9.72 Å². The Labute approximate surface area is 165 Å². The number of para-hydroxylation sites is 2. The molecule has 0 unspecified atom stereocenters. The lowest BCUT2D eigenvalue weighted by Crippen LogP contribution is -2.25. The number of carbonyl (C=O) groups is 1. The maximum absolute atomic E-state index is 13.6. The minimum Gasteiger partial charge on any atom is -0.490 e. The van der Waals surface area contributed by atoms with Gasteiger partial charge < -0.3 is 9.47 Å². The van der Waals surface area contributed by atoms with Crippen LogP contribution < -0.4 is 10.3 Å². The fraction of sp³-hybridized carbons (Fsp3) is 0.250. The van der Waals surface area contributed by atoms with Crippen LogP contribution in [0.5, 0.6) is 5.75 Å². The molecule has 6 nitrogen and oxygen atoms in total. The minimum atomic E-state index is -0.425. The van der Waals surface area contributed by atoms with E-state index in [1.165, 1.54) is 29.5 Å². The molecule has 0 aliphatic rings. The Morgan fingerprint density at radius 2 is 1.93 bits per heavy atom. The molecular formula is C20H19FN2O4S. The maximum atomic E-state index is 13.6. The van der Waals surface area contributed by atoms with Crippen molar-refractivity contribution in [3.63, 3.8) is 0 Å². The second-order valence-corrected chi connectivity index (χ2v) is 6.88. The average Bonchev–Trinajstić information content (AvgIpc) is 2.71. The first kappa shape index (κ1) is 19.9. The van der Waals surface area contributed by atoms with Crippen LogP contribution in [-0.4, -0.2) is 35.0 Å². The smallest absolute Gasteiger partial charge is 0.307 e. The summed E-state index contributed by atoms with van der Waals surface area (Å²) in [5.74, 6) is -0.194. The number of nitrogens with zero attached hydrogens (tertiary/aromatic N) is 2. The van der Waals surface area contributed by atoms with Gasteiger partial charge in [0.05, 0.1) is 31.0 Å².